The van der Waals surface area contributed by atoms with Crippen LogP contribution in [0.5, 0.6) is 17.2 Å². The van der Waals surface area contributed by atoms with Crippen molar-refractivity contribution in [3.8, 4) is 29.1 Å². The molecule has 5 bridgehead atoms. The zero-order valence-electron chi connectivity index (χ0n) is 44.1. The highest BCUT2D eigenvalue weighted by atomic mass is 16.5. The van der Waals surface area contributed by atoms with E-state index in [0.717, 1.165) is 91.3 Å². The highest BCUT2D eigenvalue weighted by molar-refractivity contribution is 6.05. The summed E-state index contributed by atoms with van der Waals surface area (Å²) < 4.78 is 6.51. The number of aliphatic hydroxyl groups is 4. The van der Waals surface area contributed by atoms with Crippen molar-refractivity contribution in [3.05, 3.63) is 140 Å². The molecule has 10 N–H and O–H groups in total. The minimum atomic E-state index is -1.46. The first-order valence-electron chi connectivity index (χ1n) is 28.3. The largest absolute Gasteiger partial charge is 0.507 e. The lowest BCUT2D eigenvalue weighted by Gasteiger charge is -2.40. The van der Waals surface area contributed by atoms with Crippen LogP contribution in [0.2, 0.25) is 0 Å². The lowest BCUT2D eigenvalue weighted by molar-refractivity contribution is -0.135. The molecule has 3 aromatic carbocycles. The van der Waals surface area contributed by atoms with Crippen LogP contribution >= 0.6 is 0 Å². The Hall–Kier alpha value is -6.40. The van der Waals surface area contributed by atoms with Crippen molar-refractivity contribution in [1.29, 1.82) is 0 Å². The molecule has 0 radical (unpaired) electrons. The third-order valence-electron chi connectivity index (χ3n) is 18.1. The van der Waals surface area contributed by atoms with Gasteiger partial charge in [0.2, 0.25) is 0 Å². The maximum Gasteiger partial charge on any atom is 0.163 e. The van der Waals surface area contributed by atoms with E-state index in [1.54, 1.807) is 36.4 Å². The van der Waals surface area contributed by atoms with E-state index in [1.807, 2.05) is 48.8 Å². The summed E-state index contributed by atoms with van der Waals surface area (Å²) in [6, 6.07) is 17.9. The first kappa shape index (κ1) is 52.6. The van der Waals surface area contributed by atoms with Crippen LogP contribution < -0.4 is 15.4 Å². The average molecular weight is 1040 g/mol. The number of aromatic nitrogens is 2. The molecule has 13 nitrogen and oxygen atoms in total. The summed E-state index contributed by atoms with van der Waals surface area (Å²) in [7, 11) is 0. The summed E-state index contributed by atoms with van der Waals surface area (Å²) in [4.78, 5) is 38.2. The molecule has 0 saturated heterocycles. The summed E-state index contributed by atoms with van der Waals surface area (Å²) >= 11 is 0. The third-order valence-corrected chi connectivity index (χ3v) is 18.1. The summed E-state index contributed by atoms with van der Waals surface area (Å²) in [5.41, 5.74) is 5.73. The first-order valence-corrected chi connectivity index (χ1v) is 28.3. The lowest BCUT2D eigenvalue weighted by Crippen LogP contribution is -2.46. The molecule has 77 heavy (non-hydrogen) atoms. The first-order chi connectivity index (χ1) is 37.4. The number of carbonyl (C=O) groups excluding carboxylic acids is 2. The van der Waals surface area contributed by atoms with Crippen LogP contribution in [-0.2, 0) is 34.3 Å². The zero-order chi connectivity index (χ0) is 53.4. The number of aromatic hydroxyl groups is 2. The van der Waals surface area contributed by atoms with Gasteiger partial charge < -0.3 is 56.0 Å². The van der Waals surface area contributed by atoms with Crippen molar-refractivity contribution in [2.45, 2.75) is 151 Å². The van der Waals surface area contributed by atoms with Gasteiger partial charge >= 0.3 is 0 Å². The van der Waals surface area contributed by atoms with E-state index >= 15 is 9.59 Å². The Morgan fingerprint density at radius 3 is 2.48 bits per heavy atom. The van der Waals surface area contributed by atoms with Crippen LogP contribution in [0.4, 0.5) is 5.82 Å². The predicted octanol–water partition coefficient (Wildman–Crippen LogP) is 8.99. The van der Waals surface area contributed by atoms with Gasteiger partial charge in [-0.15, -0.1) is 0 Å². The zero-order valence-corrected chi connectivity index (χ0v) is 44.1. The Morgan fingerprint density at radius 2 is 1.68 bits per heavy atom. The van der Waals surface area contributed by atoms with Crippen molar-refractivity contribution in [2.24, 2.45) is 17.8 Å². The molecule has 4 heterocycles. The van der Waals surface area contributed by atoms with Gasteiger partial charge in [-0.05, 0) is 165 Å². The molecule has 8 atom stereocenters. The fourth-order valence-electron chi connectivity index (χ4n) is 14.0. The molecule has 0 amide bonds. The number of phenols is 2. The van der Waals surface area contributed by atoms with Crippen molar-refractivity contribution in [3.63, 3.8) is 0 Å². The Kier molecular flexibility index (Phi) is 15.1. The summed E-state index contributed by atoms with van der Waals surface area (Å²) in [5.74, 6) is 3.75. The maximum atomic E-state index is 16.2. The minimum absolute atomic E-state index is 0.0804. The molecule has 2 aliphatic heterocycles. The summed E-state index contributed by atoms with van der Waals surface area (Å²) in [6.45, 7) is 2.78. The molecule has 2 fully saturated rings. The number of H-pyrrole nitrogens is 2. The van der Waals surface area contributed by atoms with Gasteiger partial charge in [0, 0.05) is 72.5 Å². The van der Waals surface area contributed by atoms with E-state index < -0.39 is 65.3 Å². The highest BCUT2D eigenvalue weighted by Gasteiger charge is 2.49. The number of aliphatic hydroxyl groups excluding tert-OH is 3. The SMILES string of the molecule is CCCNC[C@H]1C#C[C@@H]2Nc3[nH]ccc3Cc3cc(ccc3C3(CCCC3)[C@H]1O)[C@H](O)c1cc(cc(OC3CCCC3)c1O)CCC(=O)[C@H](CCO)C(=O)[C@@H]1C2=Cc2[nH]ccc2[C@@H]1C[C@]1(O)C=Cc2c(O)cccc2CC1. The van der Waals surface area contributed by atoms with E-state index in [0.29, 0.717) is 60.4 Å². The quantitative estimate of drug-likeness (QED) is 0.0361. The number of phenolic OH excluding ortho intramolecular Hbond substituents is 2. The number of aromatic amines is 2. The third kappa shape index (κ3) is 10.3. The van der Waals surface area contributed by atoms with Crippen molar-refractivity contribution < 1.29 is 45.0 Å². The molecule has 404 valence electrons. The molecule has 11 rings (SSSR count). The fourth-order valence-corrected chi connectivity index (χ4v) is 14.0. The number of hydrogen-bond donors (Lipinski definition) is 10. The van der Waals surface area contributed by atoms with Crippen molar-refractivity contribution in [2.75, 3.05) is 25.0 Å². The molecule has 0 unspecified atom stereocenters. The summed E-state index contributed by atoms with van der Waals surface area (Å²) in [6.07, 6.45) is 15.8. The number of anilines is 1. The van der Waals surface area contributed by atoms with E-state index in [1.165, 1.54) is 0 Å². The van der Waals surface area contributed by atoms with E-state index in [2.05, 4.69) is 45.4 Å². The van der Waals surface area contributed by atoms with E-state index in [9.17, 15) is 30.6 Å². The van der Waals surface area contributed by atoms with Gasteiger partial charge in [-0.1, -0.05) is 74.1 Å². The number of aryl methyl sites for hydroxylation is 2. The Morgan fingerprint density at radius 1 is 0.857 bits per heavy atom. The number of fused-ring (bicyclic) bond motifs is 9. The van der Waals surface area contributed by atoms with Gasteiger partial charge in [-0.3, -0.25) is 9.59 Å². The van der Waals surface area contributed by atoms with E-state index in [4.69, 9.17) is 4.74 Å². The van der Waals surface area contributed by atoms with Crippen LogP contribution in [0.3, 0.4) is 0 Å². The second kappa shape index (κ2) is 22.2. The van der Waals surface area contributed by atoms with Gasteiger partial charge in [-0.2, -0.15) is 0 Å². The molecule has 5 aromatic rings. The number of ether oxygens (including phenoxy) is 1. The number of nitrogens with one attached hydrogen (secondary N) is 4. The molecular formula is C64H74N4O9. The predicted molar refractivity (Wildman–Crippen MR) is 297 cm³/mol. The monoisotopic (exact) mass is 1040 g/mol. The summed E-state index contributed by atoms with van der Waals surface area (Å²) in [5, 5.41) is 79.8. The van der Waals surface area contributed by atoms with Crippen LogP contribution in [0, 0.1) is 29.6 Å². The molecule has 2 saturated carbocycles. The highest BCUT2D eigenvalue weighted by Crippen LogP contribution is 2.51. The number of benzene rings is 3. The van der Waals surface area contributed by atoms with Crippen LogP contribution in [0.25, 0.3) is 12.2 Å². The van der Waals surface area contributed by atoms with Gasteiger partial charge in [-0.25, -0.2) is 0 Å². The van der Waals surface area contributed by atoms with Gasteiger partial charge in [0.1, 0.15) is 29.5 Å². The topological polar surface area (TPSA) is 220 Å². The lowest BCUT2D eigenvalue weighted by atomic mass is 9.65. The smallest absolute Gasteiger partial charge is 0.163 e. The molecule has 4 aliphatic carbocycles. The second-order valence-corrected chi connectivity index (χ2v) is 22.9. The van der Waals surface area contributed by atoms with Crippen LogP contribution in [-0.4, -0.2) is 95.7 Å². The van der Waals surface area contributed by atoms with Gasteiger partial charge in [0.25, 0.3) is 0 Å². The number of carbonyl (C=O) groups is 2. The minimum Gasteiger partial charge on any atom is -0.507 e. The van der Waals surface area contributed by atoms with E-state index in [-0.39, 0.29) is 60.4 Å². The van der Waals surface area contributed by atoms with Crippen LogP contribution in [0.15, 0.2) is 84.7 Å². The Balaban J connectivity index is 1.12. The Bertz CT molecular complexity index is 3130. The standard InChI is InChI=1S/C64H74N4O9/c1-2-27-65-37-42-14-16-52-48-35-53-46(21-29-66-53)50(36-63(76)25-18-39-8-7-11-54(70)45(39)19-26-63)57(48)60(74)47(22-30-69)55(71)17-12-38-31-49(59(73)56(32-38)77-44-9-3-4-10-44)58(72)40-13-15-51(64(61(42)75)23-5-6-24-64)43(33-40)34-41-20-28-67-62(41)68-52/h7-8,11,13,15,19-21,26,28-29,31-33,35,42,44,47,50,52,57-58,61,65-70,72-73,75-76H,2-6,9-10,12,17-18,22-25,27,30,34,36-37H2,1H3/t42-,47+,50+,52+,57-,58+,61+,63-/m1/s1. The fraction of sp³-hybridized carbons (Fsp3) is 0.469. The number of Topliss-reactive ketones (excluding diaryl/α,β-unsaturated/α-hetero) is 2. The number of hydrogen-bond acceptors (Lipinski definition) is 11. The molecule has 2 aromatic heterocycles. The normalized spacial score (nSPS) is 27.0. The van der Waals surface area contributed by atoms with Gasteiger partial charge in [0.15, 0.2) is 17.3 Å². The molecular weight excluding hydrogens is 969 g/mol. The average Bonchev–Trinajstić information content (AvgIpc) is 4.39. The van der Waals surface area contributed by atoms with Crippen molar-refractivity contribution in [1.82, 2.24) is 15.3 Å². The molecule has 13 heteroatoms. The van der Waals surface area contributed by atoms with Crippen LogP contribution in [0.1, 0.15) is 158 Å². The number of ketones is 2. The van der Waals surface area contributed by atoms with Crippen molar-refractivity contribution >= 4 is 29.5 Å². The maximum absolute atomic E-state index is 16.2. The second-order valence-electron chi connectivity index (χ2n) is 22.9. The number of rotatable bonds is 10. The molecule has 6 aliphatic rings. The van der Waals surface area contributed by atoms with Gasteiger partial charge in [0.05, 0.1) is 29.6 Å². The molecule has 1 spiro atoms. The Labute approximate surface area is 451 Å².